The molecule has 1 fully saturated rings. The summed E-state index contributed by atoms with van der Waals surface area (Å²) < 4.78 is 0. The van der Waals surface area contributed by atoms with Crippen LogP contribution in [0.15, 0.2) is 66.7 Å². The predicted molar refractivity (Wildman–Crippen MR) is 126 cm³/mol. The Morgan fingerprint density at radius 3 is 2.39 bits per heavy atom. The first kappa shape index (κ1) is 21.5. The van der Waals surface area contributed by atoms with E-state index in [1.807, 2.05) is 42.2 Å². The number of rotatable bonds is 4. The number of aromatic hydroxyl groups is 1. The number of amides is 1. The third kappa shape index (κ3) is 4.97. The standard InChI is InChI=1S/C25H24Cl2N2O2/c1-17-2-11-23(22(27)14-17)29-13-12-28(16-24(29)19-5-7-20(26)8-6-19)25(31)15-18-3-9-21(30)10-4-18/h2-11,14,24,30H,12-13,15-16H2,1H3. The highest BCUT2D eigenvalue weighted by molar-refractivity contribution is 6.33. The smallest absolute Gasteiger partial charge is 0.227 e. The summed E-state index contributed by atoms with van der Waals surface area (Å²) >= 11 is 12.7. The number of halogens is 2. The van der Waals surface area contributed by atoms with Crippen LogP contribution in [0.3, 0.4) is 0 Å². The molecular formula is C25H24Cl2N2O2. The Labute approximate surface area is 192 Å². The van der Waals surface area contributed by atoms with Crippen LogP contribution in [0, 0.1) is 6.92 Å². The van der Waals surface area contributed by atoms with Gasteiger partial charge in [-0.15, -0.1) is 0 Å². The summed E-state index contributed by atoms with van der Waals surface area (Å²) in [4.78, 5) is 17.2. The van der Waals surface area contributed by atoms with Gasteiger partial charge in [0.25, 0.3) is 0 Å². The van der Waals surface area contributed by atoms with E-state index in [-0.39, 0.29) is 17.7 Å². The van der Waals surface area contributed by atoms with Gasteiger partial charge in [-0.1, -0.05) is 53.5 Å². The average molecular weight is 455 g/mol. The molecule has 6 heteroatoms. The molecule has 1 aliphatic heterocycles. The van der Waals surface area contributed by atoms with Gasteiger partial charge in [0.1, 0.15) is 5.75 Å². The molecule has 3 aromatic rings. The monoisotopic (exact) mass is 454 g/mol. The molecule has 1 aliphatic rings. The number of carbonyl (C=O) groups excluding carboxylic acids is 1. The molecule has 1 unspecified atom stereocenters. The normalized spacial score (nSPS) is 16.4. The second-order valence-electron chi connectivity index (χ2n) is 7.90. The second-order valence-corrected chi connectivity index (χ2v) is 8.74. The number of phenolic OH excluding ortho intramolecular Hbond substituents is 1. The molecule has 0 bridgehead atoms. The van der Waals surface area contributed by atoms with E-state index >= 15 is 0 Å². The Morgan fingerprint density at radius 2 is 1.71 bits per heavy atom. The Morgan fingerprint density at radius 1 is 1.00 bits per heavy atom. The van der Waals surface area contributed by atoms with Crippen molar-refractivity contribution in [1.29, 1.82) is 0 Å². The summed E-state index contributed by atoms with van der Waals surface area (Å²) in [5.41, 5.74) is 4.05. The highest BCUT2D eigenvalue weighted by atomic mass is 35.5. The topological polar surface area (TPSA) is 43.8 Å². The lowest BCUT2D eigenvalue weighted by atomic mass is 10.00. The molecule has 0 radical (unpaired) electrons. The molecule has 4 nitrogen and oxygen atoms in total. The zero-order chi connectivity index (χ0) is 22.0. The van der Waals surface area contributed by atoms with Gasteiger partial charge >= 0.3 is 0 Å². The number of phenols is 1. The van der Waals surface area contributed by atoms with Crippen molar-refractivity contribution in [2.24, 2.45) is 0 Å². The summed E-state index contributed by atoms with van der Waals surface area (Å²) in [7, 11) is 0. The third-order valence-electron chi connectivity index (χ3n) is 5.69. The van der Waals surface area contributed by atoms with Crippen molar-refractivity contribution in [3.8, 4) is 5.75 Å². The molecule has 0 aliphatic carbocycles. The Hall–Kier alpha value is -2.69. The minimum atomic E-state index is -0.0324. The van der Waals surface area contributed by atoms with Gasteiger partial charge in [0.05, 0.1) is 23.2 Å². The molecule has 4 rings (SSSR count). The van der Waals surface area contributed by atoms with Crippen molar-refractivity contribution in [2.45, 2.75) is 19.4 Å². The lowest BCUT2D eigenvalue weighted by Gasteiger charge is -2.43. The second kappa shape index (κ2) is 9.21. The van der Waals surface area contributed by atoms with Crippen LogP contribution in [0.1, 0.15) is 22.7 Å². The lowest BCUT2D eigenvalue weighted by Crippen LogP contribution is -2.51. The maximum atomic E-state index is 13.0. The molecule has 1 amide bonds. The van der Waals surface area contributed by atoms with E-state index in [2.05, 4.69) is 17.0 Å². The van der Waals surface area contributed by atoms with Gasteiger partial charge in [0.15, 0.2) is 0 Å². The zero-order valence-corrected chi connectivity index (χ0v) is 18.8. The summed E-state index contributed by atoms with van der Waals surface area (Å²) in [6.07, 6.45) is 0.304. The summed E-state index contributed by atoms with van der Waals surface area (Å²) in [5, 5.41) is 10.9. The van der Waals surface area contributed by atoms with Gasteiger partial charge in [0, 0.05) is 24.7 Å². The van der Waals surface area contributed by atoms with Crippen LogP contribution in [-0.4, -0.2) is 35.5 Å². The first-order chi connectivity index (χ1) is 14.9. The number of aryl methyl sites for hydroxylation is 1. The van der Waals surface area contributed by atoms with Crippen LogP contribution in [0.2, 0.25) is 10.0 Å². The Bertz CT molecular complexity index is 1070. The van der Waals surface area contributed by atoms with Crippen LogP contribution in [0.5, 0.6) is 5.75 Å². The van der Waals surface area contributed by atoms with Crippen molar-refractivity contribution in [3.05, 3.63) is 93.5 Å². The van der Waals surface area contributed by atoms with Crippen molar-refractivity contribution in [2.75, 3.05) is 24.5 Å². The molecule has 31 heavy (non-hydrogen) atoms. The van der Waals surface area contributed by atoms with E-state index < -0.39 is 0 Å². The molecular weight excluding hydrogens is 431 g/mol. The highest BCUT2D eigenvalue weighted by Crippen LogP contribution is 2.36. The number of anilines is 1. The third-order valence-corrected chi connectivity index (χ3v) is 6.25. The molecule has 1 atom stereocenters. The number of nitrogens with zero attached hydrogens (tertiary/aromatic N) is 2. The predicted octanol–water partition coefficient (Wildman–Crippen LogP) is 5.64. The highest BCUT2D eigenvalue weighted by Gasteiger charge is 2.31. The molecule has 1 heterocycles. The van der Waals surface area contributed by atoms with Crippen LogP contribution in [0.25, 0.3) is 0 Å². The molecule has 160 valence electrons. The van der Waals surface area contributed by atoms with E-state index in [4.69, 9.17) is 23.2 Å². The number of carbonyl (C=O) groups is 1. The minimum absolute atomic E-state index is 0.0324. The molecule has 0 saturated carbocycles. The summed E-state index contributed by atoms with van der Waals surface area (Å²) in [6.45, 7) is 3.87. The first-order valence-corrected chi connectivity index (χ1v) is 11.0. The van der Waals surface area contributed by atoms with E-state index in [0.717, 1.165) is 22.4 Å². The van der Waals surface area contributed by atoms with Crippen LogP contribution >= 0.6 is 23.2 Å². The average Bonchev–Trinajstić information content (AvgIpc) is 2.76. The van der Waals surface area contributed by atoms with E-state index in [1.165, 1.54) is 0 Å². The van der Waals surface area contributed by atoms with E-state index in [0.29, 0.717) is 36.1 Å². The van der Waals surface area contributed by atoms with Crippen LogP contribution in [-0.2, 0) is 11.2 Å². The number of piperazine rings is 1. The minimum Gasteiger partial charge on any atom is -0.508 e. The van der Waals surface area contributed by atoms with Gasteiger partial charge < -0.3 is 14.9 Å². The quantitative estimate of drug-likeness (QED) is 0.554. The molecule has 0 aromatic heterocycles. The van der Waals surface area contributed by atoms with E-state index in [9.17, 15) is 9.90 Å². The Balaban J connectivity index is 1.59. The summed E-state index contributed by atoms with van der Waals surface area (Å²) in [5.74, 6) is 0.266. The largest absolute Gasteiger partial charge is 0.508 e. The molecule has 1 saturated heterocycles. The van der Waals surface area contributed by atoms with E-state index in [1.54, 1.807) is 24.3 Å². The van der Waals surface area contributed by atoms with Gasteiger partial charge in [-0.2, -0.15) is 0 Å². The van der Waals surface area contributed by atoms with Gasteiger partial charge in [0.2, 0.25) is 5.91 Å². The van der Waals surface area contributed by atoms with Crippen molar-refractivity contribution < 1.29 is 9.90 Å². The van der Waals surface area contributed by atoms with Gasteiger partial charge in [-0.05, 0) is 60.0 Å². The number of benzene rings is 3. The van der Waals surface area contributed by atoms with Crippen molar-refractivity contribution in [1.82, 2.24) is 4.90 Å². The lowest BCUT2D eigenvalue weighted by molar-refractivity contribution is -0.131. The van der Waals surface area contributed by atoms with Gasteiger partial charge in [-0.3, -0.25) is 4.79 Å². The molecule has 3 aromatic carbocycles. The zero-order valence-electron chi connectivity index (χ0n) is 17.3. The fourth-order valence-electron chi connectivity index (χ4n) is 4.01. The fourth-order valence-corrected chi connectivity index (χ4v) is 4.48. The van der Waals surface area contributed by atoms with Gasteiger partial charge in [-0.25, -0.2) is 0 Å². The maximum absolute atomic E-state index is 13.0. The summed E-state index contributed by atoms with van der Waals surface area (Å²) in [6, 6.07) is 20.6. The first-order valence-electron chi connectivity index (χ1n) is 10.2. The van der Waals surface area contributed by atoms with Crippen LogP contribution < -0.4 is 4.90 Å². The SMILES string of the molecule is Cc1ccc(N2CCN(C(=O)Cc3ccc(O)cc3)CC2c2ccc(Cl)cc2)c(Cl)c1. The van der Waals surface area contributed by atoms with Crippen LogP contribution in [0.4, 0.5) is 5.69 Å². The number of hydrogen-bond acceptors (Lipinski definition) is 3. The molecule has 1 N–H and O–H groups in total. The molecule has 0 spiro atoms. The van der Waals surface area contributed by atoms with Crippen molar-refractivity contribution in [3.63, 3.8) is 0 Å². The van der Waals surface area contributed by atoms with Crippen molar-refractivity contribution >= 4 is 34.8 Å². The fraction of sp³-hybridized carbons (Fsp3) is 0.240. The Kier molecular flexibility index (Phi) is 6.40. The maximum Gasteiger partial charge on any atom is 0.227 e. The number of hydrogen-bond donors (Lipinski definition) is 1.